The van der Waals surface area contributed by atoms with Gasteiger partial charge in [0.15, 0.2) is 6.10 Å². The highest BCUT2D eigenvalue weighted by Gasteiger charge is 2.16. The normalized spacial score (nSPS) is 13.3. The van der Waals surface area contributed by atoms with Crippen molar-refractivity contribution in [2.45, 2.75) is 238 Å². The number of esters is 2. The molecule has 0 bridgehead atoms. The average Bonchev–Trinajstić information content (AvgIpc) is 3.34. The Morgan fingerprint density at radius 3 is 0.956 bits per heavy atom. The fourth-order valence-corrected chi connectivity index (χ4v) is 7.28. The molecule has 0 aromatic rings. The Labute approximate surface area is 419 Å². The second-order valence-corrected chi connectivity index (χ2v) is 17.9. The molecular weight excluding hydrogens is 837 g/mol. The van der Waals surface area contributed by atoms with E-state index in [1.807, 2.05) is 0 Å². The minimum atomic E-state index is -0.790. The molecule has 0 spiro atoms. The van der Waals surface area contributed by atoms with Gasteiger partial charge in [0.05, 0.1) is 6.61 Å². The van der Waals surface area contributed by atoms with Gasteiger partial charge in [-0.05, 0) is 116 Å². The van der Waals surface area contributed by atoms with Gasteiger partial charge >= 0.3 is 11.9 Å². The first-order valence-corrected chi connectivity index (χ1v) is 27.7. The number of hydrogen-bond donors (Lipinski definition) is 1. The highest BCUT2D eigenvalue weighted by Crippen LogP contribution is 2.14. The molecule has 0 aromatic heterocycles. The van der Waals surface area contributed by atoms with E-state index in [2.05, 4.69) is 148 Å². The number of ether oxygens (including phenoxy) is 2. The lowest BCUT2D eigenvalue weighted by molar-refractivity contribution is -0.161. The van der Waals surface area contributed by atoms with Gasteiger partial charge in [0.1, 0.15) is 6.61 Å². The molecule has 0 rings (SSSR count). The summed E-state index contributed by atoms with van der Waals surface area (Å²) in [6.07, 6.45) is 85.5. The van der Waals surface area contributed by atoms with E-state index in [9.17, 15) is 14.7 Å². The van der Waals surface area contributed by atoms with Crippen LogP contribution in [0.4, 0.5) is 0 Å². The van der Waals surface area contributed by atoms with Gasteiger partial charge in [0.25, 0.3) is 0 Å². The zero-order valence-corrected chi connectivity index (χ0v) is 43.8. The van der Waals surface area contributed by atoms with Crippen molar-refractivity contribution in [2.75, 3.05) is 13.2 Å². The van der Waals surface area contributed by atoms with Crippen LogP contribution in [0.2, 0.25) is 0 Å². The van der Waals surface area contributed by atoms with Crippen LogP contribution in [0.1, 0.15) is 232 Å². The Morgan fingerprint density at radius 2 is 0.632 bits per heavy atom. The number of aliphatic hydroxyl groups excluding tert-OH is 1. The number of carbonyl (C=O) groups is 2. The second-order valence-electron chi connectivity index (χ2n) is 17.9. The predicted octanol–water partition coefficient (Wildman–Crippen LogP) is 18.9. The maximum Gasteiger partial charge on any atom is 0.306 e. The standard InChI is InChI=1S/C63H102O5/c1-3-5-7-9-11-13-15-17-19-21-23-24-25-26-27-28-29-30-31-32-33-34-35-36-37-38-40-42-44-46-48-50-52-54-56-58-63(66)68-61(59-64)60-67-62(65)57-55-53-51-49-47-45-43-41-39-22-20-18-16-14-12-10-8-6-4-2/h5,7,11-14,17-20,23-24,26-27,29-30,32-33,35-36,39,41,61,64H,3-4,6,8-10,15-16,21-22,25,28,31,34,37-38,40,42-60H2,1-2H3/b7-5-,13-11-,14-12-,19-17-,20-18-,24-23-,27-26-,30-29-,33-32-,36-35-,41-39-. The lowest BCUT2D eigenvalue weighted by atomic mass is 10.0. The number of rotatable bonds is 49. The molecule has 0 heterocycles. The first-order chi connectivity index (χ1) is 33.6. The van der Waals surface area contributed by atoms with Crippen LogP contribution in [0.3, 0.4) is 0 Å². The van der Waals surface area contributed by atoms with Crippen LogP contribution in [0.25, 0.3) is 0 Å². The Kier molecular flexibility index (Phi) is 54.0. The summed E-state index contributed by atoms with van der Waals surface area (Å²) in [6, 6.07) is 0. The van der Waals surface area contributed by atoms with E-state index in [1.165, 1.54) is 96.3 Å². The number of hydrogen-bond acceptors (Lipinski definition) is 5. The van der Waals surface area contributed by atoms with Crippen molar-refractivity contribution in [3.8, 4) is 0 Å². The van der Waals surface area contributed by atoms with Crippen molar-refractivity contribution in [1.29, 1.82) is 0 Å². The van der Waals surface area contributed by atoms with Crippen LogP contribution in [0.5, 0.6) is 0 Å². The Morgan fingerprint density at radius 1 is 0.353 bits per heavy atom. The van der Waals surface area contributed by atoms with Gasteiger partial charge < -0.3 is 14.6 Å². The molecule has 1 unspecified atom stereocenters. The number of aliphatic hydroxyl groups is 1. The summed E-state index contributed by atoms with van der Waals surface area (Å²) >= 11 is 0. The van der Waals surface area contributed by atoms with Crippen molar-refractivity contribution in [3.63, 3.8) is 0 Å². The average molecular weight is 940 g/mol. The highest BCUT2D eigenvalue weighted by atomic mass is 16.6. The minimum Gasteiger partial charge on any atom is -0.462 e. The lowest BCUT2D eigenvalue weighted by Gasteiger charge is -2.15. The van der Waals surface area contributed by atoms with Crippen LogP contribution in [-0.4, -0.2) is 36.4 Å². The summed E-state index contributed by atoms with van der Waals surface area (Å²) in [5.74, 6) is -0.617. The van der Waals surface area contributed by atoms with Crippen molar-refractivity contribution in [3.05, 3.63) is 134 Å². The summed E-state index contributed by atoms with van der Waals surface area (Å²) in [7, 11) is 0. The first-order valence-electron chi connectivity index (χ1n) is 27.7. The Balaban J connectivity index is 3.59. The number of carbonyl (C=O) groups excluding carboxylic acids is 2. The SMILES string of the molecule is CC/C=C\C/C=C\C/C=C\C/C=C\C/C=C\C/C=C\C/C=C\C/C=C\CCCCCCCCCCCCC(=O)OC(CO)COC(=O)CCCCCCCC/C=C\C/C=C\C/C=C\CCCCC. The quantitative estimate of drug-likeness (QED) is 0.0374. The van der Waals surface area contributed by atoms with Gasteiger partial charge in [0, 0.05) is 12.8 Å². The van der Waals surface area contributed by atoms with Gasteiger partial charge in [-0.2, -0.15) is 0 Å². The van der Waals surface area contributed by atoms with E-state index >= 15 is 0 Å². The Bertz CT molecular complexity index is 1430. The van der Waals surface area contributed by atoms with Crippen molar-refractivity contribution < 1.29 is 24.2 Å². The van der Waals surface area contributed by atoms with Gasteiger partial charge in [-0.15, -0.1) is 0 Å². The van der Waals surface area contributed by atoms with Gasteiger partial charge in [-0.1, -0.05) is 237 Å². The molecule has 0 aliphatic rings. The van der Waals surface area contributed by atoms with E-state index in [0.29, 0.717) is 12.8 Å². The molecule has 1 atom stereocenters. The summed E-state index contributed by atoms with van der Waals surface area (Å²) < 4.78 is 10.7. The van der Waals surface area contributed by atoms with Crippen LogP contribution < -0.4 is 0 Å². The molecule has 68 heavy (non-hydrogen) atoms. The van der Waals surface area contributed by atoms with Gasteiger partial charge in [0.2, 0.25) is 0 Å². The third kappa shape index (κ3) is 54.6. The van der Waals surface area contributed by atoms with E-state index in [0.717, 1.165) is 109 Å². The van der Waals surface area contributed by atoms with E-state index in [1.54, 1.807) is 0 Å². The number of unbranched alkanes of at least 4 members (excludes halogenated alkanes) is 19. The zero-order valence-electron chi connectivity index (χ0n) is 43.8. The molecule has 384 valence electrons. The maximum atomic E-state index is 12.3. The van der Waals surface area contributed by atoms with E-state index in [4.69, 9.17) is 9.47 Å². The number of allylic oxidation sites excluding steroid dienone is 22. The molecule has 0 radical (unpaired) electrons. The summed E-state index contributed by atoms with van der Waals surface area (Å²) in [4.78, 5) is 24.5. The van der Waals surface area contributed by atoms with Crippen LogP contribution in [0.15, 0.2) is 134 Å². The zero-order chi connectivity index (χ0) is 49.2. The van der Waals surface area contributed by atoms with Crippen molar-refractivity contribution >= 4 is 11.9 Å². The second kappa shape index (κ2) is 57.4. The molecule has 0 aliphatic carbocycles. The molecule has 0 aromatic carbocycles. The van der Waals surface area contributed by atoms with Crippen molar-refractivity contribution in [1.82, 2.24) is 0 Å². The first kappa shape index (κ1) is 64.0. The third-order valence-corrected chi connectivity index (χ3v) is 11.4. The highest BCUT2D eigenvalue weighted by molar-refractivity contribution is 5.70. The largest absolute Gasteiger partial charge is 0.462 e. The van der Waals surface area contributed by atoms with Crippen LogP contribution in [0, 0.1) is 0 Å². The predicted molar refractivity (Wildman–Crippen MR) is 297 cm³/mol. The molecule has 0 amide bonds. The third-order valence-electron chi connectivity index (χ3n) is 11.4. The summed E-state index contributed by atoms with van der Waals surface area (Å²) in [5, 5.41) is 9.64. The molecule has 0 saturated carbocycles. The smallest absolute Gasteiger partial charge is 0.306 e. The van der Waals surface area contributed by atoms with Crippen LogP contribution >= 0.6 is 0 Å². The van der Waals surface area contributed by atoms with E-state index < -0.39 is 6.10 Å². The summed E-state index contributed by atoms with van der Waals surface area (Å²) in [5.41, 5.74) is 0. The monoisotopic (exact) mass is 939 g/mol. The van der Waals surface area contributed by atoms with Crippen LogP contribution in [-0.2, 0) is 19.1 Å². The van der Waals surface area contributed by atoms with Gasteiger partial charge in [-0.3, -0.25) is 9.59 Å². The molecule has 0 fully saturated rings. The molecule has 1 N–H and O–H groups in total. The molecular formula is C63H102O5. The molecule has 5 heteroatoms. The fraction of sp³-hybridized carbons (Fsp3) is 0.619. The minimum absolute atomic E-state index is 0.0817. The summed E-state index contributed by atoms with van der Waals surface area (Å²) in [6.45, 7) is 3.98. The Hall–Kier alpha value is -3.96. The lowest BCUT2D eigenvalue weighted by Crippen LogP contribution is -2.28. The van der Waals surface area contributed by atoms with Crippen molar-refractivity contribution in [2.24, 2.45) is 0 Å². The molecule has 0 aliphatic heterocycles. The van der Waals surface area contributed by atoms with Gasteiger partial charge in [-0.25, -0.2) is 0 Å². The topological polar surface area (TPSA) is 72.8 Å². The maximum absolute atomic E-state index is 12.3. The fourth-order valence-electron chi connectivity index (χ4n) is 7.28. The molecule has 5 nitrogen and oxygen atoms in total. The molecule has 0 saturated heterocycles. The van der Waals surface area contributed by atoms with E-state index in [-0.39, 0.29) is 25.2 Å².